The molecule has 0 fully saturated rings. The highest BCUT2D eigenvalue weighted by Gasteiger charge is 2.07. The first-order chi connectivity index (χ1) is 7.54. The molecule has 0 aliphatic heterocycles. The van der Waals surface area contributed by atoms with Gasteiger partial charge in [-0.3, -0.25) is 4.79 Å². The molecule has 4 heteroatoms. The van der Waals surface area contributed by atoms with Crippen LogP contribution in [0.15, 0.2) is 18.3 Å². The average Bonchev–Trinajstić information content (AvgIpc) is 2.28. The summed E-state index contributed by atoms with van der Waals surface area (Å²) in [5, 5.41) is 8.71. The van der Waals surface area contributed by atoms with Crippen LogP contribution in [-0.4, -0.2) is 24.4 Å². The summed E-state index contributed by atoms with van der Waals surface area (Å²) >= 11 is 0. The maximum atomic E-state index is 11.1. The number of aromatic nitrogens is 1. The Kier molecular flexibility index (Phi) is 4.01. The summed E-state index contributed by atoms with van der Waals surface area (Å²) in [4.78, 5) is 17.1. The number of nitrogens with zero attached hydrogens (tertiary/aromatic N) is 3. The molecule has 0 aliphatic carbocycles. The molecule has 0 amide bonds. The molecule has 0 N–H and O–H groups in total. The maximum Gasteiger partial charge on any atom is 0.161 e. The van der Waals surface area contributed by atoms with E-state index in [1.807, 2.05) is 18.9 Å². The third-order valence-corrected chi connectivity index (χ3v) is 2.31. The number of nitriles is 1. The number of rotatable bonds is 4. The Labute approximate surface area is 95.5 Å². The van der Waals surface area contributed by atoms with Crippen LogP contribution in [0.1, 0.15) is 24.2 Å². The summed E-state index contributed by atoms with van der Waals surface area (Å²) in [7, 11) is 1.88. The van der Waals surface area contributed by atoms with Crippen LogP contribution in [0.25, 0.3) is 0 Å². The van der Waals surface area contributed by atoms with E-state index < -0.39 is 0 Å². The summed E-state index contributed by atoms with van der Waals surface area (Å²) in [5.41, 5.74) is 0.602. The second-order valence-electron chi connectivity index (χ2n) is 3.87. The molecule has 0 spiro atoms. The molecule has 0 saturated heterocycles. The van der Waals surface area contributed by atoms with Crippen molar-refractivity contribution >= 4 is 11.6 Å². The SMILES string of the molecule is CC(=O)c1ccc(N(C)CC(C)C#N)nc1. The number of carbonyl (C=O) groups excluding carboxylic acids is 1. The van der Waals surface area contributed by atoms with Crippen LogP contribution in [0.4, 0.5) is 5.82 Å². The van der Waals surface area contributed by atoms with Gasteiger partial charge in [-0.2, -0.15) is 5.26 Å². The van der Waals surface area contributed by atoms with Crippen LogP contribution in [0.5, 0.6) is 0 Å². The van der Waals surface area contributed by atoms with Gasteiger partial charge in [-0.25, -0.2) is 4.98 Å². The summed E-state index contributed by atoms with van der Waals surface area (Å²) in [6, 6.07) is 5.71. The second kappa shape index (κ2) is 5.26. The topological polar surface area (TPSA) is 57.0 Å². The lowest BCUT2D eigenvalue weighted by atomic mass is 10.2. The number of carbonyl (C=O) groups is 1. The number of Topliss-reactive ketones (excluding diaryl/α,β-unsaturated/α-hetero) is 1. The van der Waals surface area contributed by atoms with E-state index in [4.69, 9.17) is 5.26 Å². The highest BCUT2D eigenvalue weighted by Crippen LogP contribution is 2.11. The second-order valence-corrected chi connectivity index (χ2v) is 3.87. The molecule has 1 rings (SSSR count). The van der Waals surface area contributed by atoms with Gasteiger partial charge in [-0.05, 0) is 26.0 Å². The van der Waals surface area contributed by atoms with Gasteiger partial charge in [0.25, 0.3) is 0 Å². The molecular weight excluding hydrogens is 202 g/mol. The maximum absolute atomic E-state index is 11.1. The number of ketones is 1. The predicted octanol–water partition coefficient (Wildman–Crippen LogP) is 1.88. The Morgan fingerprint density at radius 2 is 2.31 bits per heavy atom. The number of hydrogen-bond acceptors (Lipinski definition) is 4. The Balaban J connectivity index is 2.74. The number of anilines is 1. The normalized spacial score (nSPS) is 11.6. The monoisotopic (exact) mass is 217 g/mol. The third-order valence-electron chi connectivity index (χ3n) is 2.31. The molecule has 1 unspecified atom stereocenters. The van der Waals surface area contributed by atoms with Crippen molar-refractivity contribution in [3.05, 3.63) is 23.9 Å². The first-order valence-corrected chi connectivity index (χ1v) is 5.12. The molecule has 1 aromatic heterocycles. The van der Waals surface area contributed by atoms with E-state index in [1.54, 1.807) is 18.3 Å². The van der Waals surface area contributed by atoms with E-state index >= 15 is 0 Å². The van der Waals surface area contributed by atoms with E-state index in [1.165, 1.54) is 6.92 Å². The van der Waals surface area contributed by atoms with Crippen LogP contribution < -0.4 is 4.90 Å². The first-order valence-electron chi connectivity index (χ1n) is 5.12. The van der Waals surface area contributed by atoms with Gasteiger partial charge in [0.05, 0.1) is 12.0 Å². The minimum absolute atomic E-state index is 0.00657. The van der Waals surface area contributed by atoms with Crippen LogP contribution in [0, 0.1) is 17.2 Å². The Hall–Kier alpha value is -1.89. The highest BCUT2D eigenvalue weighted by atomic mass is 16.1. The van der Waals surface area contributed by atoms with Gasteiger partial charge in [-0.15, -0.1) is 0 Å². The average molecular weight is 217 g/mol. The lowest BCUT2D eigenvalue weighted by Crippen LogP contribution is -2.24. The van der Waals surface area contributed by atoms with Crippen LogP contribution >= 0.6 is 0 Å². The van der Waals surface area contributed by atoms with Crippen molar-refractivity contribution in [2.75, 3.05) is 18.5 Å². The standard InChI is InChI=1S/C12H15N3O/c1-9(6-13)8-15(3)12-5-4-11(7-14-12)10(2)16/h4-5,7,9H,8H2,1-3H3. The Morgan fingerprint density at radius 1 is 1.62 bits per heavy atom. The van der Waals surface area contributed by atoms with E-state index in [9.17, 15) is 4.79 Å². The van der Waals surface area contributed by atoms with Crippen molar-refractivity contribution in [1.82, 2.24) is 4.98 Å². The molecule has 0 radical (unpaired) electrons. The largest absolute Gasteiger partial charge is 0.358 e. The van der Waals surface area contributed by atoms with Crippen molar-refractivity contribution in [3.8, 4) is 6.07 Å². The van der Waals surface area contributed by atoms with Gasteiger partial charge < -0.3 is 4.90 Å². The molecular formula is C12H15N3O. The summed E-state index contributed by atoms with van der Waals surface area (Å²) < 4.78 is 0. The molecule has 16 heavy (non-hydrogen) atoms. The van der Waals surface area contributed by atoms with Crippen LogP contribution in [-0.2, 0) is 0 Å². The van der Waals surface area contributed by atoms with Crippen molar-refractivity contribution in [2.24, 2.45) is 5.92 Å². The smallest absolute Gasteiger partial charge is 0.161 e. The summed E-state index contributed by atoms with van der Waals surface area (Å²) in [5.74, 6) is 0.735. The third kappa shape index (κ3) is 3.06. The van der Waals surface area contributed by atoms with E-state index in [0.29, 0.717) is 12.1 Å². The molecule has 1 aromatic rings. The lowest BCUT2D eigenvalue weighted by Gasteiger charge is -2.19. The lowest BCUT2D eigenvalue weighted by molar-refractivity contribution is 0.101. The molecule has 4 nitrogen and oxygen atoms in total. The fourth-order valence-electron chi connectivity index (χ4n) is 1.37. The first kappa shape index (κ1) is 12.2. The minimum Gasteiger partial charge on any atom is -0.358 e. The van der Waals surface area contributed by atoms with Gasteiger partial charge in [-0.1, -0.05) is 0 Å². The quantitative estimate of drug-likeness (QED) is 0.722. The zero-order valence-corrected chi connectivity index (χ0v) is 9.77. The molecule has 0 bridgehead atoms. The minimum atomic E-state index is -0.0423. The molecule has 84 valence electrons. The molecule has 1 atom stereocenters. The summed E-state index contributed by atoms with van der Waals surface area (Å²) in [6.45, 7) is 4.00. The van der Waals surface area contributed by atoms with Crippen LogP contribution in [0.3, 0.4) is 0 Å². The highest BCUT2D eigenvalue weighted by molar-refractivity contribution is 5.93. The van der Waals surface area contributed by atoms with Gasteiger partial charge in [0.15, 0.2) is 5.78 Å². The predicted molar refractivity (Wildman–Crippen MR) is 62.3 cm³/mol. The van der Waals surface area contributed by atoms with Crippen molar-refractivity contribution < 1.29 is 4.79 Å². The van der Waals surface area contributed by atoms with Gasteiger partial charge in [0.1, 0.15) is 5.82 Å². The Bertz CT molecular complexity index is 405. The number of hydrogen-bond donors (Lipinski definition) is 0. The van der Waals surface area contributed by atoms with Crippen molar-refractivity contribution in [1.29, 1.82) is 5.26 Å². The van der Waals surface area contributed by atoms with E-state index in [0.717, 1.165) is 5.82 Å². The van der Waals surface area contributed by atoms with Crippen LogP contribution in [0.2, 0.25) is 0 Å². The molecule has 0 saturated carbocycles. The molecule has 0 aliphatic rings. The molecule has 1 heterocycles. The van der Waals surface area contributed by atoms with Gasteiger partial charge in [0.2, 0.25) is 0 Å². The van der Waals surface area contributed by atoms with Crippen molar-refractivity contribution in [2.45, 2.75) is 13.8 Å². The number of pyridine rings is 1. The Morgan fingerprint density at radius 3 is 2.75 bits per heavy atom. The summed E-state index contributed by atoms with van der Waals surface area (Å²) in [6.07, 6.45) is 1.56. The van der Waals surface area contributed by atoms with Gasteiger partial charge in [0, 0.05) is 25.4 Å². The fraction of sp³-hybridized carbons (Fsp3) is 0.417. The van der Waals surface area contributed by atoms with E-state index in [-0.39, 0.29) is 11.7 Å². The van der Waals surface area contributed by atoms with Crippen molar-refractivity contribution in [3.63, 3.8) is 0 Å². The van der Waals surface area contributed by atoms with Gasteiger partial charge >= 0.3 is 0 Å². The molecule has 0 aromatic carbocycles. The zero-order valence-electron chi connectivity index (χ0n) is 9.77. The fourth-order valence-corrected chi connectivity index (χ4v) is 1.37. The zero-order chi connectivity index (χ0) is 12.1. The van der Waals surface area contributed by atoms with E-state index in [2.05, 4.69) is 11.1 Å².